The number of nitro groups is 1. The highest BCUT2D eigenvalue weighted by Gasteiger charge is 2.43. The van der Waals surface area contributed by atoms with E-state index in [0.717, 1.165) is 19.3 Å². The molecule has 0 heterocycles. The van der Waals surface area contributed by atoms with E-state index >= 15 is 0 Å². The summed E-state index contributed by atoms with van der Waals surface area (Å²) in [6.07, 6.45) is 2.47. The lowest BCUT2D eigenvalue weighted by Gasteiger charge is -2.27. The lowest BCUT2D eigenvalue weighted by molar-refractivity contribution is -0.384. The Morgan fingerprint density at radius 1 is 1.57 bits per heavy atom. The number of nitrogens with one attached hydrogen (secondary N) is 1. The van der Waals surface area contributed by atoms with E-state index in [-0.39, 0.29) is 23.4 Å². The summed E-state index contributed by atoms with van der Waals surface area (Å²) in [5.74, 6) is 0.0763. The monoisotopic (exact) mass is 293 g/mol. The summed E-state index contributed by atoms with van der Waals surface area (Å²) in [4.78, 5) is 22.7. The molecule has 0 saturated heterocycles. The number of carbonyl (C=O) groups is 1. The zero-order valence-electron chi connectivity index (χ0n) is 12.1. The fourth-order valence-corrected chi connectivity index (χ4v) is 2.64. The van der Waals surface area contributed by atoms with E-state index in [2.05, 4.69) is 5.32 Å². The molecule has 0 radical (unpaired) electrons. The molecule has 2 atom stereocenters. The Kier molecular flexibility index (Phi) is 4.13. The van der Waals surface area contributed by atoms with E-state index in [1.54, 1.807) is 0 Å². The Morgan fingerprint density at radius 3 is 2.81 bits per heavy atom. The fourth-order valence-electron chi connectivity index (χ4n) is 2.64. The van der Waals surface area contributed by atoms with Crippen LogP contribution >= 0.6 is 0 Å². The van der Waals surface area contributed by atoms with Gasteiger partial charge >= 0.3 is 0 Å². The van der Waals surface area contributed by atoms with Crippen molar-refractivity contribution in [2.24, 2.45) is 11.1 Å². The summed E-state index contributed by atoms with van der Waals surface area (Å²) in [5.41, 5.74) is 5.72. The molecule has 114 valence electrons. The van der Waals surface area contributed by atoms with Gasteiger partial charge in [0.05, 0.1) is 29.2 Å². The molecule has 1 aromatic carbocycles. The molecule has 1 aromatic rings. The van der Waals surface area contributed by atoms with Gasteiger partial charge in [0.2, 0.25) is 5.91 Å². The van der Waals surface area contributed by atoms with Crippen LogP contribution in [-0.2, 0) is 4.79 Å². The summed E-state index contributed by atoms with van der Waals surface area (Å²) >= 11 is 0. The maximum atomic E-state index is 12.5. The van der Waals surface area contributed by atoms with Crippen molar-refractivity contribution in [1.29, 1.82) is 0 Å². The van der Waals surface area contributed by atoms with Crippen molar-refractivity contribution in [3.63, 3.8) is 0 Å². The number of non-ortho nitro benzene ring substituents is 1. The third-order valence-corrected chi connectivity index (χ3v) is 4.19. The summed E-state index contributed by atoms with van der Waals surface area (Å²) in [6.45, 7) is 1.85. The van der Waals surface area contributed by atoms with Gasteiger partial charge in [0.1, 0.15) is 5.75 Å². The van der Waals surface area contributed by atoms with Crippen LogP contribution in [0.2, 0.25) is 0 Å². The SMILES string of the molecule is COc1cc([N+](=O)[O-])ccc1NC(=O)C1(C)CCCC1N. The smallest absolute Gasteiger partial charge is 0.273 e. The van der Waals surface area contributed by atoms with Gasteiger partial charge in [-0.25, -0.2) is 0 Å². The van der Waals surface area contributed by atoms with E-state index in [4.69, 9.17) is 10.5 Å². The molecule has 0 spiro atoms. The van der Waals surface area contributed by atoms with Crippen molar-refractivity contribution in [3.05, 3.63) is 28.3 Å². The fraction of sp³-hybridized carbons (Fsp3) is 0.500. The van der Waals surface area contributed by atoms with E-state index in [1.807, 2.05) is 6.92 Å². The first-order chi connectivity index (χ1) is 9.88. The zero-order chi connectivity index (χ0) is 15.6. The summed E-state index contributed by atoms with van der Waals surface area (Å²) in [5, 5.41) is 13.5. The number of hydrogen-bond donors (Lipinski definition) is 2. The number of hydrogen-bond acceptors (Lipinski definition) is 5. The van der Waals surface area contributed by atoms with Crippen LogP contribution in [0.5, 0.6) is 5.75 Å². The molecule has 1 saturated carbocycles. The van der Waals surface area contributed by atoms with Gasteiger partial charge in [0, 0.05) is 12.1 Å². The largest absolute Gasteiger partial charge is 0.494 e. The van der Waals surface area contributed by atoms with Gasteiger partial charge in [-0.05, 0) is 25.8 Å². The van der Waals surface area contributed by atoms with Crippen molar-refractivity contribution in [2.45, 2.75) is 32.2 Å². The second-order valence-corrected chi connectivity index (χ2v) is 5.51. The molecule has 1 aliphatic rings. The summed E-state index contributed by atoms with van der Waals surface area (Å²) < 4.78 is 5.11. The highest BCUT2D eigenvalue weighted by atomic mass is 16.6. The first-order valence-electron chi connectivity index (χ1n) is 6.78. The van der Waals surface area contributed by atoms with E-state index < -0.39 is 10.3 Å². The molecular formula is C14H19N3O4. The van der Waals surface area contributed by atoms with Gasteiger partial charge in [-0.15, -0.1) is 0 Å². The van der Waals surface area contributed by atoms with Crippen molar-refractivity contribution < 1.29 is 14.5 Å². The van der Waals surface area contributed by atoms with Crippen molar-refractivity contribution >= 4 is 17.3 Å². The highest BCUT2D eigenvalue weighted by molar-refractivity contribution is 5.97. The minimum atomic E-state index is -0.618. The number of amides is 1. The van der Waals surface area contributed by atoms with E-state index in [1.165, 1.54) is 25.3 Å². The summed E-state index contributed by atoms with van der Waals surface area (Å²) in [6, 6.07) is 3.90. The van der Waals surface area contributed by atoms with Gasteiger partial charge in [-0.2, -0.15) is 0 Å². The normalized spacial score (nSPS) is 24.6. The van der Waals surface area contributed by atoms with Gasteiger partial charge in [-0.3, -0.25) is 14.9 Å². The highest BCUT2D eigenvalue weighted by Crippen LogP contribution is 2.39. The number of nitro benzene ring substituents is 1. The maximum Gasteiger partial charge on any atom is 0.273 e. The average Bonchev–Trinajstić information content (AvgIpc) is 2.80. The Labute approximate surface area is 122 Å². The minimum absolute atomic E-state index is 0.0892. The number of benzene rings is 1. The lowest BCUT2D eigenvalue weighted by atomic mass is 9.84. The summed E-state index contributed by atoms with van der Waals surface area (Å²) in [7, 11) is 1.40. The van der Waals surface area contributed by atoms with Crippen LogP contribution in [-0.4, -0.2) is 24.0 Å². The molecule has 1 fully saturated rings. The third kappa shape index (κ3) is 2.82. The topological polar surface area (TPSA) is 107 Å². The Hall–Kier alpha value is -2.15. The van der Waals surface area contributed by atoms with Crippen LogP contribution in [0.25, 0.3) is 0 Å². The molecule has 2 unspecified atom stereocenters. The van der Waals surface area contributed by atoms with Gasteiger partial charge in [0.25, 0.3) is 5.69 Å². The second kappa shape index (κ2) is 5.69. The average molecular weight is 293 g/mol. The molecular weight excluding hydrogens is 274 g/mol. The Balaban J connectivity index is 2.23. The first-order valence-corrected chi connectivity index (χ1v) is 6.78. The van der Waals surface area contributed by atoms with E-state index in [9.17, 15) is 14.9 Å². The number of nitrogens with two attached hydrogens (primary N) is 1. The molecule has 7 heteroatoms. The third-order valence-electron chi connectivity index (χ3n) is 4.19. The molecule has 0 aromatic heterocycles. The molecule has 21 heavy (non-hydrogen) atoms. The van der Waals surface area contributed by atoms with Crippen molar-refractivity contribution in [3.8, 4) is 5.75 Å². The number of ether oxygens (including phenoxy) is 1. The molecule has 7 nitrogen and oxygen atoms in total. The van der Waals surface area contributed by atoms with Crippen molar-refractivity contribution in [1.82, 2.24) is 0 Å². The molecule has 0 aliphatic heterocycles. The van der Waals surface area contributed by atoms with Crippen molar-refractivity contribution in [2.75, 3.05) is 12.4 Å². The standard InChI is InChI=1S/C14H19N3O4/c1-14(7-3-4-12(14)15)13(18)16-10-6-5-9(17(19)20)8-11(10)21-2/h5-6,8,12H,3-4,7,15H2,1-2H3,(H,16,18). The van der Waals surface area contributed by atoms with Gasteiger partial charge < -0.3 is 15.8 Å². The van der Waals surface area contributed by atoms with E-state index in [0.29, 0.717) is 5.69 Å². The molecule has 1 amide bonds. The molecule has 3 N–H and O–H groups in total. The van der Waals surface area contributed by atoms with Crippen LogP contribution < -0.4 is 15.8 Å². The number of rotatable bonds is 4. The van der Waals surface area contributed by atoms with Crippen LogP contribution in [0.1, 0.15) is 26.2 Å². The number of carbonyl (C=O) groups excluding carboxylic acids is 1. The number of nitrogens with zero attached hydrogens (tertiary/aromatic N) is 1. The van der Waals surface area contributed by atoms with Gasteiger partial charge in [0.15, 0.2) is 0 Å². The molecule has 1 aliphatic carbocycles. The van der Waals surface area contributed by atoms with Crippen LogP contribution in [0.15, 0.2) is 18.2 Å². The lowest BCUT2D eigenvalue weighted by Crippen LogP contribution is -2.44. The van der Waals surface area contributed by atoms with Crippen LogP contribution in [0.3, 0.4) is 0 Å². The number of methoxy groups -OCH3 is 1. The first kappa shape index (κ1) is 15.2. The Bertz CT molecular complexity index is 575. The maximum absolute atomic E-state index is 12.5. The van der Waals surface area contributed by atoms with Gasteiger partial charge in [-0.1, -0.05) is 6.42 Å². The molecule has 0 bridgehead atoms. The predicted molar refractivity (Wildman–Crippen MR) is 78.2 cm³/mol. The Morgan fingerprint density at radius 2 is 2.29 bits per heavy atom. The van der Waals surface area contributed by atoms with Crippen LogP contribution in [0, 0.1) is 15.5 Å². The second-order valence-electron chi connectivity index (χ2n) is 5.51. The zero-order valence-corrected chi connectivity index (χ0v) is 12.1. The predicted octanol–water partition coefficient (Wildman–Crippen LogP) is 2.06. The number of anilines is 1. The quantitative estimate of drug-likeness (QED) is 0.652. The minimum Gasteiger partial charge on any atom is -0.494 e. The molecule has 2 rings (SSSR count). The van der Waals surface area contributed by atoms with Crippen LogP contribution in [0.4, 0.5) is 11.4 Å².